The summed E-state index contributed by atoms with van der Waals surface area (Å²) >= 11 is 0. The Hall–Kier alpha value is -3.04. The van der Waals surface area contributed by atoms with Crippen LogP contribution in [0.15, 0.2) is 30.3 Å². The first-order chi connectivity index (χ1) is 14.7. The number of nitrogens with one attached hydrogen (secondary N) is 1. The van der Waals surface area contributed by atoms with Gasteiger partial charge < -0.3 is 19.7 Å². The second kappa shape index (κ2) is 8.24. The third-order valence-electron chi connectivity index (χ3n) is 5.38. The maximum atomic E-state index is 13.0. The highest BCUT2D eigenvalue weighted by Crippen LogP contribution is 2.34. The number of carbonyl (C=O) groups excluding carboxylic acids is 1. The van der Waals surface area contributed by atoms with Crippen LogP contribution in [-0.4, -0.2) is 47.2 Å². The van der Waals surface area contributed by atoms with Crippen LogP contribution in [0.5, 0.6) is 11.5 Å². The SMILES string of the molecule is Cc1nc(N2CCC(NC(=O)C3Oc4ccccc4OC3C)CC2)cc(C(F)(F)F)n1. The summed E-state index contributed by atoms with van der Waals surface area (Å²) in [6.07, 6.45) is -4.58. The average molecular weight is 436 g/mol. The van der Waals surface area contributed by atoms with E-state index in [-0.39, 0.29) is 23.6 Å². The third-order valence-corrected chi connectivity index (χ3v) is 5.38. The molecule has 3 heterocycles. The van der Waals surface area contributed by atoms with E-state index in [0.29, 0.717) is 37.4 Å². The Balaban J connectivity index is 1.36. The van der Waals surface area contributed by atoms with Gasteiger partial charge in [-0.05, 0) is 38.8 Å². The van der Waals surface area contributed by atoms with E-state index in [1.807, 2.05) is 12.1 Å². The number of halogens is 3. The molecule has 2 unspecified atom stereocenters. The molecule has 7 nitrogen and oxygen atoms in total. The van der Waals surface area contributed by atoms with Crippen molar-refractivity contribution in [2.75, 3.05) is 18.0 Å². The van der Waals surface area contributed by atoms with Crippen molar-refractivity contribution in [2.45, 2.75) is 51.1 Å². The van der Waals surface area contributed by atoms with Gasteiger partial charge in [-0.3, -0.25) is 4.79 Å². The van der Waals surface area contributed by atoms with E-state index >= 15 is 0 Å². The number of ether oxygens (including phenoxy) is 2. The first kappa shape index (κ1) is 21.2. The molecule has 10 heteroatoms. The number of alkyl halides is 3. The minimum atomic E-state index is -4.52. The zero-order valence-corrected chi connectivity index (χ0v) is 17.1. The molecular formula is C21H23F3N4O3. The Morgan fingerprint density at radius 1 is 1.13 bits per heavy atom. The van der Waals surface area contributed by atoms with Crippen LogP contribution in [0.4, 0.5) is 19.0 Å². The van der Waals surface area contributed by atoms with Gasteiger partial charge in [-0.1, -0.05) is 12.1 Å². The molecule has 1 N–H and O–H groups in total. The van der Waals surface area contributed by atoms with Crippen molar-refractivity contribution in [3.8, 4) is 11.5 Å². The van der Waals surface area contributed by atoms with E-state index in [9.17, 15) is 18.0 Å². The number of para-hydroxylation sites is 2. The van der Waals surface area contributed by atoms with Crippen molar-refractivity contribution < 1.29 is 27.4 Å². The van der Waals surface area contributed by atoms with Gasteiger partial charge in [0.05, 0.1) is 0 Å². The van der Waals surface area contributed by atoms with Crippen LogP contribution in [-0.2, 0) is 11.0 Å². The van der Waals surface area contributed by atoms with Crippen molar-refractivity contribution in [2.24, 2.45) is 0 Å². The first-order valence-corrected chi connectivity index (χ1v) is 10.1. The van der Waals surface area contributed by atoms with Gasteiger partial charge in [-0.2, -0.15) is 13.2 Å². The van der Waals surface area contributed by atoms with Crippen LogP contribution in [0.1, 0.15) is 31.3 Å². The molecule has 1 saturated heterocycles. The molecule has 1 fully saturated rings. The summed E-state index contributed by atoms with van der Waals surface area (Å²) in [4.78, 5) is 22.2. The zero-order chi connectivity index (χ0) is 22.2. The smallest absolute Gasteiger partial charge is 0.433 e. The molecule has 166 valence electrons. The molecule has 0 saturated carbocycles. The van der Waals surface area contributed by atoms with Gasteiger partial charge in [0.25, 0.3) is 5.91 Å². The number of aromatic nitrogens is 2. The number of fused-ring (bicyclic) bond motifs is 1. The Bertz CT molecular complexity index is 961. The number of rotatable bonds is 3. The molecule has 0 bridgehead atoms. The van der Waals surface area contributed by atoms with Crippen LogP contribution in [0.3, 0.4) is 0 Å². The fourth-order valence-electron chi connectivity index (χ4n) is 3.80. The lowest BCUT2D eigenvalue weighted by Crippen LogP contribution is -2.53. The normalized spacial score (nSPS) is 21.6. The monoisotopic (exact) mass is 436 g/mol. The molecule has 0 radical (unpaired) electrons. The second-order valence-electron chi connectivity index (χ2n) is 7.73. The molecule has 1 amide bonds. The van der Waals surface area contributed by atoms with Gasteiger partial charge in [0.2, 0.25) is 6.10 Å². The molecule has 2 aromatic rings. The summed E-state index contributed by atoms with van der Waals surface area (Å²) in [6.45, 7) is 4.16. The molecule has 4 rings (SSSR count). The Labute approximate surface area is 177 Å². The van der Waals surface area contributed by atoms with E-state index < -0.39 is 24.1 Å². The van der Waals surface area contributed by atoms with E-state index in [2.05, 4.69) is 15.3 Å². The maximum Gasteiger partial charge on any atom is 0.433 e. The van der Waals surface area contributed by atoms with Gasteiger partial charge in [0, 0.05) is 25.2 Å². The molecule has 2 atom stereocenters. The topological polar surface area (TPSA) is 76.6 Å². The van der Waals surface area contributed by atoms with Gasteiger partial charge in [0.1, 0.15) is 23.4 Å². The van der Waals surface area contributed by atoms with Crippen LogP contribution >= 0.6 is 0 Å². The summed E-state index contributed by atoms with van der Waals surface area (Å²) in [5, 5.41) is 2.99. The Morgan fingerprint density at radius 2 is 1.77 bits per heavy atom. The summed E-state index contributed by atoms with van der Waals surface area (Å²) in [5.74, 6) is 1.18. The number of carbonyl (C=O) groups is 1. The molecule has 0 aliphatic carbocycles. The van der Waals surface area contributed by atoms with E-state index in [1.165, 1.54) is 6.92 Å². The van der Waals surface area contributed by atoms with Crippen LogP contribution in [0.25, 0.3) is 0 Å². The quantitative estimate of drug-likeness (QED) is 0.797. The highest BCUT2D eigenvalue weighted by Gasteiger charge is 2.36. The second-order valence-corrected chi connectivity index (χ2v) is 7.73. The largest absolute Gasteiger partial charge is 0.482 e. The average Bonchev–Trinajstić information content (AvgIpc) is 2.72. The van der Waals surface area contributed by atoms with Crippen molar-refractivity contribution in [3.63, 3.8) is 0 Å². The van der Waals surface area contributed by atoms with Crippen LogP contribution in [0, 0.1) is 6.92 Å². The van der Waals surface area contributed by atoms with Gasteiger partial charge in [-0.15, -0.1) is 0 Å². The van der Waals surface area contributed by atoms with Crippen LogP contribution in [0.2, 0.25) is 0 Å². The molecule has 1 aromatic heterocycles. The van der Waals surface area contributed by atoms with E-state index in [4.69, 9.17) is 9.47 Å². The zero-order valence-electron chi connectivity index (χ0n) is 17.1. The lowest BCUT2D eigenvalue weighted by molar-refractivity contribution is -0.141. The summed E-state index contributed by atoms with van der Waals surface area (Å²) < 4.78 is 50.7. The summed E-state index contributed by atoms with van der Waals surface area (Å²) in [7, 11) is 0. The van der Waals surface area contributed by atoms with Crippen LogP contribution < -0.4 is 19.7 Å². The molecule has 0 spiro atoms. The first-order valence-electron chi connectivity index (χ1n) is 10.1. The molecular weight excluding hydrogens is 413 g/mol. The number of amides is 1. The molecule has 31 heavy (non-hydrogen) atoms. The van der Waals surface area contributed by atoms with Gasteiger partial charge in [-0.25, -0.2) is 9.97 Å². The lowest BCUT2D eigenvalue weighted by Gasteiger charge is -2.35. The summed E-state index contributed by atoms with van der Waals surface area (Å²) in [6, 6.07) is 8.04. The number of hydrogen-bond donors (Lipinski definition) is 1. The maximum absolute atomic E-state index is 13.0. The number of benzene rings is 1. The molecule has 2 aliphatic rings. The van der Waals surface area contributed by atoms with Crippen molar-refractivity contribution in [1.82, 2.24) is 15.3 Å². The van der Waals surface area contributed by atoms with Crippen molar-refractivity contribution >= 4 is 11.7 Å². The minimum Gasteiger partial charge on any atom is -0.482 e. The number of piperidine rings is 1. The minimum absolute atomic E-state index is 0.0731. The number of anilines is 1. The third kappa shape index (κ3) is 4.67. The van der Waals surface area contributed by atoms with Crippen molar-refractivity contribution in [3.05, 3.63) is 41.9 Å². The number of aryl methyl sites for hydroxylation is 1. The van der Waals surface area contributed by atoms with Gasteiger partial charge >= 0.3 is 6.18 Å². The fourth-order valence-corrected chi connectivity index (χ4v) is 3.80. The Morgan fingerprint density at radius 3 is 2.42 bits per heavy atom. The molecule has 1 aromatic carbocycles. The lowest BCUT2D eigenvalue weighted by atomic mass is 10.0. The molecule has 2 aliphatic heterocycles. The number of hydrogen-bond acceptors (Lipinski definition) is 6. The standard InChI is InChI=1S/C21H23F3N4O3/c1-12-19(31-16-6-4-3-5-15(16)30-12)20(29)27-14-7-9-28(10-8-14)18-11-17(21(22,23)24)25-13(2)26-18/h3-6,11-12,14,19H,7-10H2,1-2H3,(H,27,29). The predicted molar refractivity (Wildman–Crippen MR) is 106 cm³/mol. The number of nitrogens with zero attached hydrogens (tertiary/aromatic N) is 3. The summed E-state index contributed by atoms with van der Waals surface area (Å²) in [5.41, 5.74) is -0.950. The Kier molecular flexibility index (Phi) is 5.63. The predicted octanol–water partition coefficient (Wildman–Crippen LogP) is 3.12. The van der Waals surface area contributed by atoms with Crippen molar-refractivity contribution in [1.29, 1.82) is 0 Å². The van der Waals surface area contributed by atoms with E-state index in [1.54, 1.807) is 24.0 Å². The highest BCUT2D eigenvalue weighted by atomic mass is 19.4. The van der Waals surface area contributed by atoms with E-state index in [0.717, 1.165) is 6.07 Å². The van der Waals surface area contributed by atoms with Gasteiger partial charge in [0.15, 0.2) is 11.5 Å². The highest BCUT2D eigenvalue weighted by molar-refractivity contribution is 5.82. The fraction of sp³-hybridized carbons (Fsp3) is 0.476.